The van der Waals surface area contributed by atoms with E-state index < -0.39 is 11.7 Å². The predicted octanol–water partition coefficient (Wildman–Crippen LogP) is 3.65. The minimum atomic E-state index is -4.32. The van der Waals surface area contributed by atoms with Crippen molar-refractivity contribution in [2.24, 2.45) is 11.3 Å². The Labute approximate surface area is 105 Å². The van der Waals surface area contributed by atoms with Gasteiger partial charge in [-0.2, -0.15) is 13.2 Å². The van der Waals surface area contributed by atoms with Gasteiger partial charge in [-0.25, -0.2) is 0 Å². The van der Waals surface area contributed by atoms with E-state index in [1.54, 1.807) is 6.07 Å². The fourth-order valence-electron chi connectivity index (χ4n) is 1.82. The van der Waals surface area contributed by atoms with Gasteiger partial charge in [-0.15, -0.1) is 0 Å². The number of rotatable bonds is 3. The van der Waals surface area contributed by atoms with Crippen LogP contribution in [-0.2, 0) is 6.18 Å². The summed E-state index contributed by atoms with van der Waals surface area (Å²) in [5, 5.41) is 0. The van der Waals surface area contributed by atoms with Crippen LogP contribution in [0.4, 0.5) is 13.2 Å². The van der Waals surface area contributed by atoms with E-state index in [4.69, 9.17) is 5.84 Å². The van der Waals surface area contributed by atoms with Crippen molar-refractivity contribution in [1.82, 2.24) is 5.43 Å². The average Bonchev–Trinajstić information content (AvgIpc) is 2.23. The van der Waals surface area contributed by atoms with Crippen LogP contribution in [0.5, 0.6) is 0 Å². The standard InChI is InChI=1S/C13H19F3N2/c1-12(2,3)8-11(18-17)9-5-4-6-10(7-9)13(14,15)16/h4-7,11,18H,8,17H2,1-3H3. The van der Waals surface area contributed by atoms with Crippen molar-refractivity contribution in [3.63, 3.8) is 0 Å². The van der Waals surface area contributed by atoms with Crippen LogP contribution < -0.4 is 11.3 Å². The SMILES string of the molecule is CC(C)(C)CC(NN)c1cccc(C(F)(F)F)c1. The summed E-state index contributed by atoms with van der Waals surface area (Å²) >= 11 is 0. The number of nitrogens with one attached hydrogen (secondary N) is 1. The molecule has 1 atom stereocenters. The van der Waals surface area contributed by atoms with E-state index in [-0.39, 0.29) is 11.5 Å². The zero-order valence-electron chi connectivity index (χ0n) is 10.8. The third kappa shape index (κ3) is 4.31. The number of nitrogens with two attached hydrogens (primary N) is 1. The van der Waals surface area contributed by atoms with E-state index in [1.165, 1.54) is 6.07 Å². The molecule has 3 N–H and O–H groups in total. The van der Waals surface area contributed by atoms with Gasteiger partial charge in [-0.3, -0.25) is 11.3 Å². The summed E-state index contributed by atoms with van der Waals surface area (Å²) in [5.41, 5.74) is 2.48. The smallest absolute Gasteiger partial charge is 0.271 e. The van der Waals surface area contributed by atoms with E-state index in [2.05, 4.69) is 5.43 Å². The average molecular weight is 260 g/mol. The first-order chi connectivity index (χ1) is 8.13. The van der Waals surface area contributed by atoms with Crippen LogP contribution in [0, 0.1) is 5.41 Å². The van der Waals surface area contributed by atoms with Crippen molar-refractivity contribution in [1.29, 1.82) is 0 Å². The number of hydrazine groups is 1. The van der Waals surface area contributed by atoms with Gasteiger partial charge in [0.1, 0.15) is 0 Å². The fourth-order valence-corrected chi connectivity index (χ4v) is 1.82. The summed E-state index contributed by atoms with van der Waals surface area (Å²) in [6.07, 6.45) is -3.66. The Kier molecular flexibility index (Phi) is 4.40. The minimum absolute atomic E-state index is 0.0225. The van der Waals surface area contributed by atoms with Crippen molar-refractivity contribution >= 4 is 0 Å². The molecule has 0 aliphatic heterocycles. The molecule has 1 aromatic carbocycles. The Balaban J connectivity index is 3.00. The van der Waals surface area contributed by atoms with Crippen molar-refractivity contribution in [2.45, 2.75) is 39.4 Å². The maximum absolute atomic E-state index is 12.6. The van der Waals surface area contributed by atoms with Crippen LogP contribution in [0.15, 0.2) is 24.3 Å². The Morgan fingerprint density at radius 1 is 1.22 bits per heavy atom. The molecule has 0 fully saturated rings. The van der Waals surface area contributed by atoms with Crippen molar-refractivity contribution in [2.75, 3.05) is 0 Å². The molecule has 0 aliphatic rings. The van der Waals surface area contributed by atoms with Crippen LogP contribution >= 0.6 is 0 Å². The number of benzene rings is 1. The van der Waals surface area contributed by atoms with Gasteiger partial charge < -0.3 is 0 Å². The minimum Gasteiger partial charge on any atom is -0.271 e. The van der Waals surface area contributed by atoms with Gasteiger partial charge in [0.25, 0.3) is 0 Å². The topological polar surface area (TPSA) is 38.0 Å². The van der Waals surface area contributed by atoms with Gasteiger partial charge in [-0.1, -0.05) is 32.9 Å². The Hall–Kier alpha value is -1.07. The van der Waals surface area contributed by atoms with Crippen LogP contribution in [0.2, 0.25) is 0 Å². The lowest BCUT2D eigenvalue weighted by molar-refractivity contribution is -0.137. The van der Waals surface area contributed by atoms with Gasteiger partial charge >= 0.3 is 6.18 Å². The van der Waals surface area contributed by atoms with E-state index in [1.807, 2.05) is 20.8 Å². The molecule has 0 heterocycles. The number of hydrogen-bond donors (Lipinski definition) is 2. The molecule has 0 bridgehead atoms. The molecule has 1 aromatic rings. The second kappa shape index (κ2) is 5.28. The fraction of sp³-hybridized carbons (Fsp3) is 0.538. The van der Waals surface area contributed by atoms with E-state index >= 15 is 0 Å². The molecule has 18 heavy (non-hydrogen) atoms. The number of hydrogen-bond acceptors (Lipinski definition) is 2. The first-order valence-corrected chi connectivity index (χ1v) is 5.77. The van der Waals surface area contributed by atoms with Crippen LogP contribution in [0.25, 0.3) is 0 Å². The first-order valence-electron chi connectivity index (χ1n) is 5.77. The molecule has 5 heteroatoms. The molecular weight excluding hydrogens is 241 g/mol. The Morgan fingerprint density at radius 2 is 1.83 bits per heavy atom. The molecule has 0 aliphatic carbocycles. The molecule has 1 rings (SSSR count). The summed E-state index contributed by atoms with van der Waals surface area (Å²) in [6, 6.07) is 4.99. The first kappa shape index (κ1) is 15.0. The maximum Gasteiger partial charge on any atom is 0.416 e. The largest absolute Gasteiger partial charge is 0.416 e. The highest BCUT2D eigenvalue weighted by Gasteiger charge is 2.31. The van der Waals surface area contributed by atoms with Gasteiger partial charge in [0.15, 0.2) is 0 Å². The molecular formula is C13H19F3N2. The van der Waals surface area contributed by atoms with Crippen LogP contribution in [-0.4, -0.2) is 0 Å². The monoisotopic (exact) mass is 260 g/mol. The summed E-state index contributed by atoms with van der Waals surface area (Å²) in [4.78, 5) is 0. The highest BCUT2D eigenvalue weighted by molar-refractivity contribution is 5.28. The molecule has 0 saturated heterocycles. The van der Waals surface area contributed by atoms with Gasteiger partial charge in [-0.05, 0) is 29.5 Å². The third-order valence-corrected chi connectivity index (χ3v) is 2.63. The Bertz CT molecular complexity index is 394. The van der Waals surface area contributed by atoms with Gasteiger partial charge in [0.2, 0.25) is 0 Å². The summed E-state index contributed by atoms with van der Waals surface area (Å²) in [5.74, 6) is 5.44. The molecule has 0 saturated carbocycles. The molecule has 0 aromatic heterocycles. The molecule has 0 radical (unpaired) electrons. The highest BCUT2D eigenvalue weighted by atomic mass is 19.4. The summed E-state index contributed by atoms with van der Waals surface area (Å²) in [6.45, 7) is 6.06. The van der Waals surface area contributed by atoms with Crippen LogP contribution in [0.1, 0.15) is 44.4 Å². The normalized spacial score (nSPS) is 14.6. The lowest BCUT2D eigenvalue weighted by Crippen LogP contribution is -2.31. The highest BCUT2D eigenvalue weighted by Crippen LogP contribution is 2.33. The summed E-state index contributed by atoms with van der Waals surface area (Å²) < 4.78 is 37.9. The lowest BCUT2D eigenvalue weighted by Gasteiger charge is -2.26. The zero-order valence-corrected chi connectivity index (χ0v) is 10.8. The van der Waals surface area contributed by atoms with Crippen LogP contribution in [0.3, 0.4) is 0 Å². The molecule has 1 unspecified atom stereocenters. The summed E-state index contributed by atoms with van der Waals surface area (Å²) in [7, 11) is 0. The molecule has 0 spiro atoms. The van der Waals surface area contributed by atoms with Crippen molar-refractivity contribution in [3.05, 3.63) is 35.4 Å². The van der Waals surface area contributed by atoms with Gasteiger partial charge in [0, 0.05) is 6.04 Å². The van der Waals surface area contributed by atoms with Gasteiger partial charge in [0.05, 0.1) is 5.56 Å². The number of alkyl halides is 3. The second-order valence-electron chi connectivity index (χ2n) is 5.61. The Morgan fingerprint density at radius 3 is 2.28 bits per heavy atom. The quantitative estimate of drug-likeness (QED) is 0.643. The van der Waals surface area contributed by atoms with E-state index in [0.29, 0.717) is 12.0 Å². The lowest BCUT2D eigenvalue weighted by atomic mass is 9.85. The molecule has 0 amide bonds. The predicted molar refractivity (Wildman–Crippen MR) is 65.6 cm³/mol. The molecule has 102 valence electrons. The maximum atomic E-state index is 12.6. The van der Waals surface area contributed by atoms with E-state index in [9.17, 15) is 13.2 Å². The molecule has 2 nitrogen and oxygen atoms in total. The zero-order chi connectivity index (χ0) is 14.0. The van der Waals surface area contributed by atoms with E-state index in [0.717, 1.165) is 12.1 Å². The second-order valence-corrected chi connectivity index (χ2v) is 5.61. The van der Waals surface area contributed by atoms with Crippen molar-refractivity contribution in [3.8, 4) is 0 Å². The third-order valence-electron chi connectivity index (χ3n) is 2.63. The number of halogens is 3. The van der Waals surface area contributed by atoms with Crippen molar-refractivity contribution < 1.29 is 13.2 Å².